The van der Waals surface area contributed by atoms with E-state index in [9.17, 15) is 0 Å². The Balaban J connectivity index is 0.00000261. The topological polar surface area (TPSA) is 57.5 Å². The first-order chi connectivity index (χ1) is 12.7. The van der Waals surface area contributed by atoms with E-state index in [1.54, 1.807) is 0 Å². The van der Waals surface area contributed by atoms with Crippen molar-refractivity contribution in [1.29, 1.82) is 0 Å². The first-order valence-electron chi connectivity index (χ1n) is 9.52. The number of nitrogens with zero attached hydrogens (tertiary/aromatic N) is 4. The summed E-state index contributed by atoms with van der Waals surface area (Å²) < 4.78 is 1.87. The highest BCUT2D eigenvalue weighted by molar-refractivity contribution is 14.0. The Morgan fingerprint density at radius 3 is 2.56 bits per heavy atom. The normalized spacial score (nSPS) is 16.0. The molecule has 2 heterocycles. The lowest BCUT2D eigenvalue weighted by Gasteiger charge is -2.33. The highest BCUT2D eigenvalue weighted by Crippen LogP contribution is 2.14. The van der Waals surface area contributed by atoms with E-state index in [-0.39, 0.29) is 24.0 Å². The first-order valence-corrected chi connectivity index (χ1v) is 9.52. The Labute approximate surface area is 179 Å². The fourth-order valence-electron chi connectivity index (χ4n) is 3.31. The quantitative estimate of drug-likeness (QED) is 0.378. The molecule has 6 nitrogen and oxygen atoms in total. The zero-order valence-corrected chi connectivity index (χ0v) is 18.6. The van der Waals surface area contributed by atoms with Crippen LogP contribution in [0, 0.1) is 0 Å². The Kier molecular flexibility index (Phi) is 9.06. The van der Waals surface area contributed by atoms with Crippen LogP contribution in [0.25, 0.3) is 0 Å². The molecule has 0 radical (unpaired) electrons. The van der Waals surface area contributed by atoms with Crippen LogP contribution < -0.4 is 10.6 Å². The Morgan fingerprint density at radius 1 is 1.19 bits per heavy atom. The number of nitrogens with one attached hydrogen (secondary N) is 2. The van der Waals surface area contributed by atoms with Crippen LogP contribution in [0.1, 0.15) is 31.0 Å². The SMILES string of the molecule is CCNC(=NCc1ccnn1C)NC1CCN(Cc2ccccc2)CC1.I. The molecular weight excluding hydrogens is 451 g/mol. The van der Waals surface area contributed by atoms with Gasteiger partial charge in [-0.05, 0) is 31.4 Å². The second kappa shape index (κ2) is 11.3. The lowest BCUT2D eigenvalue weighted by Crippen LogP contribution is -2.48. The molecular formula is C20H31IN6. The van der Waals surface area contributed by atoms with E-state index >= 15 is 0 Å². The highest BCUT2D eigenvalue weighted by atomic mass is 127. The molecule has 1 fully saturated rings. The summed E-state index contributed by atoms with van der Waals surface area (Å²) >= 11 is 0. The van der Waals surface area contributed by atoms with E-state index in [2.05, 4.69) is 57.9 Å². The lowest BCUT2D eigenvalue weighted by atomic mass is 10.0. The number of hydrogen-bond donors (Lipinski definition) is 2. The van der Waals surface area contributed by atoms with E-state index < -0.39 is 0 Å². The minimum Gasteiger partial charge on any atom is -0.357 e. The minimum absolute atomic E-state index is 0. The number of aromatic nitrogens is 2. The maximum Gasteiger partial charge on any atom is 0.191 e. The zero-order chi connectivity index (χ0) is 18.2. The van der Waals surface area contributed by atoms with Crippen molar-refractivity contribution in [2.45, 2.75) is 38.9 Å². The number of rotatable bonds is 6. The molecule has 1 aromatic heterocycles. The molecule has 27 heavy (non-hydrogen) atoms. The third-order valence-electron chi connectivity index (χ3n) is 4.84. The van der Waals surface area contributed by atoms with Gasteiger partial charge < -0.3 is 10.6 Å². The molecule has 7 heteroatoms. The number of hydrogen-bond acceptors (Lipinski definition) is 3. The average Bonchev–Trinajstić information content (AvgIpc) is 3.07. The van der Waals surface area contributed by atoms with Crippen molar-refractivity contribution in [3.63, 3.8) is 0 Å². The predicted octanol–water partition coefficient (Wildman–Crippen LogP) is 2.76. The second-order valence-corrected chi connectivity index (χ2v) is 6.82. The maximum atomic E-state index is 4.72. The molecule has 0 saturated carbocycles. The monoisotopic (exact) mass is 482 g/mol. The van der Waals surface area contributed by atoms with Crippen molar-refractivity contribution in [3.8, 4) is 0 Å². The number of benzene rings is 1. The van der Waals surface area contributed by atoms with E-state index in [4.69, 9.17) is 4.99 Å². The fraction of sp³-hybridized carbons (Fsp3) is 0.500. The average molecular weight is 482 g/mol. The van der Waals surface area contributed by atoms with Crippen LogP contribution in [0.3, 0.4) is 0 Å². The summed E-state index contributed by atoms with van der Waals surface area (Å²) in [5.74, 6) is 0.898. The summed E-state index contributed by atoms with van der Waals surface area (Å²) in [7, 11) is 1.95. The summed E-state index contributed by atoms with van der Waals surface area (Å²) in [5, 5.41) is 11.2. The molecule has 1 aromatic carbocycles. The van der Waals surface area contributed by atoms with Gasteiger partial charge in [0.25, 0.3) is 0 Å². The van der Waals surface area contributed by atoms with Crippen molar-refractivity contribution in [2.24, 2.45) is 12.0 Å². The van der Waals surface area contributed by atoms with Crippen LogP contribution in [0.15, 0.2) is 47.6 Å². The van der Waals surface area contributed by atoms with Crippen LogP contribution in [-0.4, -0.2) is 46.3 Å². The number of halogens is 1. The summed E-state index contributed by atoms with van der Waals surface area (Å²) in [4.78, 5) is 7.25. The van der Waals surface area contributed by atoms with Gasteiger partial charge in [0.05, 0.1) is 12.2 Å². The van der Waals surface area contributed by atoms with Crippen LogP contribution in [0.4, 0.5) is 0 Å². The molecule has 1 aliphatic rings. The largest absolute Gasteiger partial charge is 0.357 e. The van der Waals surface area contributed by atoms with Crippen LogP contribution in [0.2, 0.25) is 0 Å². The molecule has 0 atom stereocenters. The smallest absolute Gasteiger partial charge is 0.191 e. The predicted molar refractivity (Wildman–Crippen MR) is 121 cm³/mol. The Hall–Kier alpha value is -1.61. The molecule has 1 saturated heterocycles. The van der Waals surface area contributed by atoms with Gasteiger partial charge >= 0.3 is 0 Å². The van der Waals surface area contributed by atoms with Crippen molar-refractivity contribution in [2.75, 3.05) is 19.6 Å². The first kappa shape index (κ1) is 21.7. The standard InChI is InChI=1S/C20H30N6.HI/c1-3-21-20(22-15-19-9-12-23-25(19)2)24-18-10-13-26(14-11-18)16-17-7-5-4-6-8-17;/h4-9,12,18H,3,10-11,13-16H2,1-2H3,(H2,21,22,24);1H. The van der Waals surface area contributed by atoms with Gasteiger partial charge in [0.1, 0.15) is 0 Å². The van der Waals surface area contributed by atoms with Crippen molar-refractivity contribution in [3.05, 3.63) is 53.9 Å². The van der Waals surface area contributed by atoms with E-state index in [0.717, 1.165) is 50.7 Å². The summed E-state index contributed by atoms with van der Waals surface area (Å²) in [6.07, 6.45) is 4.10. The minimum atomic E-state index is 0. The number of aliphatic imine (C=N–C) groups is 1. The van der Waals surface area contributed by atoms with Crippen molar-refractivity contribution in [1.82, 2.24) is 25.3 Å². The molecule has 148 valence electrons. The third kappa shape index (κ3) is 6.80. The lowest BCUT2D eigenvalue weighted by molar-refractivity contribution is 0.198. The molecule has 0 spiro atoms. The number of guanidine groups is 1. The zero-order valence-electron chi connectivity index (χ0n) is 16.3. The van der Waals surface area contributed by atoms with Crippen LogP contribution in [-0.2, 0) is 20.1 Å². The summed E-state index contributed by atoms with van der Waals surface area (Å²) in [6, 6.07) is 13.2. The van der Waals surface area contributed by atoms with Crippen LogP contribution in [0.5, 0.6) is 0 Å². The molecule has 0 amide bonds. The Bertz CT molecular complexity index is 692. The number of piperidine rings is 1. The van der Waals surface area contributed by atoms with Gasteiger partial charge in [-0.1, -0.05) is 30.3 Å². The van der Waals surface area contributed by atoms with E-state index in [0.29, 0.717) is 12.6 Å². The number of aryl methyl sites for hydroxylation is 1. The number of likely N-dealkylation sites (tertiary alicyclic amines) is 1. The van der Waals surface area contributed by atoms with Gasteiger partial charge in [0.15, 0.2) is 5.96 Å². The summed E-state index contributed by atoms with van der Waals surface area (Å²) in [6.45, 7) is 6.89. The molecule has 0 aliphatic carbocycles. The van der Waals surface area contributed by atoms with Gasteiger partial charge in [0.2, 0.25) is 0 Å². The van der Waals surface area contributed by atoms with Crippen LogP contribution >= 0.6 is 24.0 Å². The second-order valence-electron chi connectivity index (χ2n) is 6.82. The van der Waals surface area contributed by atoms with Crippen molar-refractivity contribution < 1.29 is 0 Å². The van der Waals surface area contributed by atoms with Gasteiger partial charge in [-0.3, -0.25) is 9.58 Å². The van der Waals surface area contributed by atoms with E-state index in [1.165, 1.54) is 5.56 Å². The maximum absolute atomic E-state index is 4.72. The molecule has 1 aliphatic heterocycles. The highest BCUT2D eigenvalue weighted by Gasteiger charge is 2.20. The van der Waals surface area contributed by atoms with Gasteiger partial charge in [-0.2, -0.15) is 5.10 Å². The Morgan fingerprint density at radius 2 is 1.93 bits per heavy atom. The molecule has 2 N–H and O–H groups in total. The third-order valence-corrected chi connectivity index (χ3v) is 4.84. The van der Waals surface area contributed by atoms with Gasteiger partial charge in [-0.25, -0.2) is 4.99 Å². The van der Waals surface area contributed by atoms with Gasteiger partial charge in [0, 0.05) is 45.5 Å². The van der Waals surface area contributed by atoms with Crippen molar-refractivity contribution >= 4 is 29.9 Å². The fourth-order valence-corrected chi connectivity index (χ4v) is 3.31. The molecule has 2 aromatic rings. The van der Waals surface area contributed by atoms with E-state index in [1.807, 2.05) is 24.0 Å². The van der Waals surface area contributed by atoms with Gasteiger partial charge in [-0.15, -0.1) is 24.0 Å². The molecule has 0 unspecified atom stereocenters. The summed E-state index contributed by atoms with van der Waals surface area (Å²) in [5.41, 5.74) is 2.50. The molecule has 0 bridgehead atoms. The molecule has 3 rings (SSSR count).